The SMILES string of the molecule is CC[C@H](C)[C@@H](C(=O)NCc1ccc(-c2ccccc2S(=O)(=O)Nc2onc(C)c2C)cc1)N(C)C(=O)CC(C)C. The van der Waals surface area contributed by atoms with Gasteiger partial charge in [0.05, 0.1) is 10.6 Å². The summed E-state index contributed by atoms with van der Waals surface area (Å²) in [6.45, 7) is 11.7. The fraction of sp³-hybridized carbons (Fsp3) is 0.433. The number of benzene rings is 2. The van der Waals surface area contributed by atoms with E-state index in [0.29, 0.717) is 28.8 Å². The van der Waals surface area contributed by atoms with Gasteiger partial charge in [-0.1, -0.05) is 81.7 Å². The molecule has 0 aliphatic carbocycles. The molecule has 0 saturated heterocycles. The number of sulfonamides is 1. The third kappa shape index (κ3) is 7.29. The predicted octanol–water partition coefficient (Wildman–Crippen LogP) is 5.29. The molecule has 9 nitrogen and oxygen atoms in total. The summed E-state index contributed by atoms with van der Waals surface area (Å²) in [5, 5.41) is 6.80. The fourth-order valence-corrected chi connectivity index (χ4v) is 5.69. The highest BCUT2D eigenvalue weighted by Gasteiger charge is 2.31. The summed E-state index contributed by atoms with van der Waals surface area (Å²) in [6, 6.07) is 13.5. The van der Waals surface area contributed by atoms with E-state index < -0.39 is 16.1 Å². The zero-order valence-electron chi connectivity index (χ0n) is 24.3. The number of nitrogens with zero attached hydrogens (tertiary/aromatic N) is 2. The van der Waals surface area contributed by atoms with E-state index in [0.717, 1.165) is 12.0 Å². The van der Waals surface area contributed by atoms with Gasteiger partial charge >= 0.3 is 0 Å². The maximum absolute atomic E-state index is 13.2. The van der Waals surface area contributed by atoms with Crippen molar-refractivity contribution in [2.75, 3.05) is 11.8 Å². The average Bonchev–Trinajstić information content (AvgIpc) is 3.23. The molecule has 0 aliphatic heterocycles. The summed E-state index contributed by atoms with van der Waals surface area (Å²) in [5.41, 5.74) is 3.32. The Labute approximate surface area is 237 Å². The number of nitrogens with one attached hydrogen (secondary N) is 2. The largest absolute Gasteiger partial charge is 0.350 e. The van der Waals surface area contributed by atoms with Gasteiger partial charge in [-0.3, -0.25) is 9.59 Å². The molecule has 2 amide bonds. The summed E-state index contributed by atoms with van der Waals surface area (Å²) < 4.78 is 34.1. The maximum atomic E-state index is 13.2. The molecule has 1 aromatic heterocycles. The molecule has 2 aromatic carbocycles. The number of carbonyl (C=O) groups is 2. The summed E-state index contributed by atoms with van der Waals surface area (Å²) >= 11 is 0. The van der Waals surface area contributed by atoms with Crippen LogP contribution in [-0.4, -0.2) is 43.4 Å². The van der Waals surface area contributed by atoms with Crippen molar-refractivity contribution in [1.29, 1.82) is 0 Å². The molecule has 2 atom stereocenters. The monoisotopic (exact) mass is 568 g/mol. The van der Waals surface area contributed by atoms with Crippen molar-refractivity contribution in [2.45, 2.75) is 71.9 Å². The lowest BCUT2D eigenvalue weighted by atomic mass is 9.96. The Hall–Kier alpha value is -3.66. The standard InChI is InChI=1S/C30H40N4O5S/c1-8-20(4)28(34(7)27(35)17-19(2)3)29(36)31-18-23-13-15-24(16-14-23)25-11-9-10-12-26(25)40(37,38)33-30-21(5)22(6)32-39-30/h9-16,19-20,28,33H,8,17-18H2,1-7H3,(H,31,36)/t20-,28-/m0/s1. The Morgan fingerprint density at radius 2 is 1.68 bits per heavy atom. The van der Waals surface area contributed by atoms with Gasteiger partial charge in [0.2, 0.25) is 17.7 Å². The normalized spacial score (nSPS) is 13.1. The van der Waals surface area contributed by atoms with E-state index in [2.05, 4.69) is 15.2 Å². The van der Waals surface area contributed by atoms with E-state index in [1.54, 1.807) is 44.0 Å². The van der Waals surface area contributed by atoms with Gasteiger partial charge in [0.25, 0.3) is 10.0 Å². The van der Waals surface area contributed by atoms with Crippen molar-refractivity contribution in [2.24, 2.45) is 11.8 Å². The molecule has 3 aromatic rings. The number of likely N-dealkylation sites (N-methyl/N-ethyl adjacent to an activating group) is 1. The van der Waals surface area contributed by atoms with Crippen LogP contribution in [0, 0.1) is 25.7 Å². The van der Waals surface area contributed by atoms with E-state index in [1.165, 1.54) is 6.07 Å². The molecule has 1 heterocycles. The third-order valence-corrected chi connectivity index (χ3v) is 8.53. The molecule has 40 heavy (non-hydrogen) atoms. The van der Waals surface area contributed by atoms with E-state index in [4.69, 9.17) is 4.52 Å². The van der Waals surface area contributed by atoms with E-state index in [9.17, 15) is 18.0 Å². The maximum Gasteiger partial charge on any atom is 0.264 e. The van der Waals surface area contributed by atoms with Crippen LogP contribution in [0.4, 0.5) is 5.88 Å². The first-order valence-electron chi connectivity index (χ1n) is 13.5. The lowest BCUT2D eigenvalue weighted by molar-refractivity contribution is -0.141. The number of anilines is 1. The fourth-order valence-electron chi connectivity index (χ4n) is 4.41. The van der Waals surface area contributed by atoms with Crippen LogP contribution in [0.25, 0.3) is 11.1 Å². The molecule has 216 valence electrons. The number of carbonyl (C=O) groups excluding carboxylic acids is 2. The van der Waals surface area contributed by atoms with Gasteiger partial charge in [0.15, 0.2) is 0 Å². The van der Waals surface area contributed by atoms with Gasteiger partial charge < -0.3 is 14.7 Å². The Kier molecular flexibility index (Phi) is 10.1. The average molecular weight is 569 g/mol. The number of aromatic nitrogens is 1. The Bertz CT molecular complexity index is 1430. The van der Waals surface area contributed by atoms with Crippen molar-refractivity contribution >= 4 is 27.7 Å². The molecule has 0 aliphatic rings. The molecule has 0 saturated carbocycles. The predicted molar refractivity (Wildman–Crippen MR) is 156 cm³/mol. The molecule has 0 radical (unpaired) electrons. The second kappa shape index (κ2) is 13.1. The van der Waals surface area contributed by atoms with Crippen LogP contribution >= 0.6 is 0 Å². The second-order valence-electron chi connectivity index (χ2n) is 10.7. The van der Waals surface area contributed by atoms with Crippen molar-refractivity contribution in [3.05, 3.63) is 65.4 Å². The molecule has 3 rings (SSSR count). The summed E-state index contributed by atoms with van der Waals surface area (Å²) in [6.07, 6.45) is 1.15. The Balaban J connectivity index is 1.76. The highest BCUT2D eigenvalue weighted by atomic mass is 32.2. The topological polar surface area (TPSA) is 122 Å². The zero-order chi connectivity index (χ0) is 29.6. The highest BCUT2D eigenvalue weighted by Crippen LogP contribution is 2.30. The summed E-state index contributed by atoms with van der Waals surface area (Å²) in [5.74, 6) is 0.0568. The van der Waals surface area contributed by atoms with Gasteiger partial charge in [-0.05, 0) is 42.9 Å². The van der Waals surface area contributed by atoms with Gasteiger partial charge in [-0.2, -0.15) is 0 Å². The third-order valence-electron chi connectivity index (χ3n) is 7.14. The van der Waals surface area contributed by atoms with Crippen LogP contribution < -0.4 is 10.0 Å². The Morgan fingerprint density at radius 1 is 1.02 bits per heavy atom. The summed E-state index contributed by atoms with van der Waals surface area (Å²) in [4.78, 5) is 27.5. The van der Waals surface area contributed by atoms with Crippen LogP contribution in [0.15, 0.2) is 57.9 Å². The van der Waals surface area contributed by atoms with E-state index >= 15 is 0 Å². The number of rotatable bonds is 12. The highest BCUT2D eigenvalue weighted by molar-refractivity contribution is 7.92. The lowest BCUT2D eigenvalue weighted by Gasteiger charge is -2.32. The minimum Gasteiger partial charge on any atom is -0.350 e. The molecule has 0 spiro atoms. The quantitative estimate of drug-likeness (QED) is 0.306. The molecule has 0 bridgehead atoms. The number of hydrogen-bond acceptors (Lipinski definition) is 6. The Morgan fingerprint density at radius 3 is 2.25 bits per heavy atom. The first-order chi connectivity index (χ1) is 18.9. The number of aryl methyl sites for hydroxylation is 1. The minimum atomic E-state index is -3.95. The van der Waals surface area contributed by atoms with E-state index in [-0.39, 0.29) is 41.0 Å². The van der Waals surface area contributed by atoms with Gasteiger partial charge in [0.1, 0.15) is 6.04 Å². The van der Waals surface area contributed by atoms with Crippen molar-refractivity contribution in [3.8, 4) is 11.1 Å². The van der Waals surface area contributed by atoms with Crippen LogP contribution in [0.5, 0.6) is 0 Å². The smallest absolute Gasteiger partial charge is 0.264 e. The first kappa shape index (κ1) is 30.9. The first-order valence-corrected chi connectivity index (χ1v) is 15.0. The molecule has 0 unspecified atom stereocenters. The zero-order valence-corrected chi connectivity index (χ0v) is 25.1. The molecule has 2 N–H and O–H groups in total. The van der Waals surface area contributed by atoms with Gasteiger partial charge in [0, 0.05) is 31.1 Å². The minimum absolute atomic E-state index is 0.000194. The van der Waals surface area contributed by atoms with Crippen LogP contribution in [-0.2, 0) is 26.2 Å². The molecular weight excluding hydrogens is 528 g/mol. The number of amides is 2. The summed E-state index contributed by atoms with van der Waals surface area (Å²) in [7, 11) is -2.25. The molecular formula is C30H40N4O5S. The molecule has 10 heteroatoms. The van der Waals surface area contributed by atoms with Gasteiger partial charge in [-0.25, -0.2) is 13.1 Å². The second-order valence-corrected chi connectivity index (χ2v) is 12.3. The molecule has 0 fully saturated rings. The van der Waals surface area contributed by atoms with Crippen LogP contribution in [0.2, 0.25) is 0 Å². The van der Waals surface area contributed by atoms with Crippen LogP contribution in [0.1, 0.15) is 57.4 Å². The lowest BCUT2D eigenvalue weighted by Crippen LogP contribution is -2.51. The van der Waals surface area contributed by atoms with Crippen molar-refractivity contribution in [3.63, 3.8) is 0 Å². The van der Waals surface area contributed by atoms with Crippen molar-refractivity contribution in [1.82, 2.24) is 15.4 Å². The van der Waals surface area contributed by atoms with Gasteiger partial charge in [-0.15, -0.1) is 0 Å². The number of hydrogen-bond donors (Lipinski definition) is 2. The van der Waals surface area contributed by atoms with Crippen LogP contribution in [0.3, 0.4) is 0 Å². The van der Waals surface area contributed by atoms with Crippen molar-refractivity contribution < 1.29 is 22.5 Å². The van der Waals surface area contributed by atoms with E-state index in [1.807, 2.05) is 52.0 Å².